The van der Waals surface area contributed by atoms with Crippen LogP contribution in [-0.4, -0.2) is 26.9 Å². The van der Waals surface area contributed by atoms with Crippen molar-refractivity contribution < 1.29 is 9.47 Å². The van der Waals surface area contributed by atoms with Crippen LogP contribution in [0.4, 0.5) is 0 Å². The number of methoxy groups -OCH3 is 1. The van der Waals surface area contributed by atoms with Crippen LogP contribution in [0.25, 0.3) is 0 Å². The van der Waals surface area contributed by atoms with E-state index in [9.17, 15) is 0 Å². The molecular formula is C12H18ClNO2. The lowest BCUT2D eigenvalue weighted by Gasteiger charge is -2.08. The topological polar surface area (TPSA) is 30.5 Å². The van der Waals surface area contributed by atoms with Crippen molar-refractivity contribution in [1.82, 2.24) is 5.32 Å². The molecule has 0 aliphatic rings. The number of rotatable bonds is 7. The smallest absolute Gasteiger partial charge is 0.137 e. The van der Waals surface area contributed by atoms with E-state index in [1.807, 2.05) is 25.1 Å². The van der Waals surface area contributed by atoms with Gasteiger partial charge in [-0.2, -0.15) is 0 Å². The molecule has 0 fully saturated rings. The lowest BCUT2D eigenvalue weighted by atomic mass is 10.2. The number of benzene rings is 1. The maximum absolute atomic E-state index is 6.07. The van der Waals surface area contributed by atoms with Gasteiger partial charge in [-0.05, 0) is 24.6 Å². The van der Waals surface area contributed by atoms with E-state index in [0.29, 0.717) is 18.2 Å². The minimum absolute atomic E-state index is 0.630. The molecule has 1 aromatic carbocycles. The molecule has 1 N–H and O–H groups in total. The predicted molar refractivity (Wildman–Crippen MR) is 66.2 cm³/mol. The Morgan fingerprint density at radius 1 is 1.38 bits per heavy atom. The summed E-state index contributed by atoms with van der Waals surface area (Å²) in [5.41, 5.74) is 1.14. The molecule has 0 saturated carbocycles. The van der Waals surface area contributed by atoms with Gasteiger partial charge in [0.25, 0.3) is 0 Å². The fraction of sp³-hybridized carbons (Fsp3) is 0.500. The Labute approximate surface area is 102 Å². The SMILES string of the molecule is CCOc1ccc(CNCCOC)cc1Cl. The molecule has 0 spiro atoms. The Hall–Kier alpha value is -0.770. The van der Waals surface area contributed by atoms with Gasteiger partial charge in [0.15, 0.2) is 0 Å². The normalized spacial score (nSPS) is 10.4. The van der Waals surface area contributed by atoms with Crippen molar-refractivity contribution in [1.29, 1.82) is 0 Å². The van der Waals surface area contributed by atoms with E-state index < -0.39 is 0 Å². The van der Waals surface area contributed by atoms with Crippen LogP contribution in [0.2, 0.25) is 5.02 Å². The monoisotopic (exact) mass is 243 g/mol. The van der Waals surface area contributed by atoms with E-state index in [-0.39, 0.29) is 0 Å². The zero-order valence-electron chi connectivity index (χ0n) is 9.75. The van der Waals surface area contributed by atoms with Gasteiger partial charge in [0.2, 0.25) is 0 Å². The standard InChI is InChI=1S/C12H18ClNO2/c1-3-16-12-5-4-10(8-11(12)13)9-14-6-7-15-2/h4-5,8,14H,3,6-7,9H2,1-2H3. The second-order valence-electron chi connectivity index (χ2n) is 3.37. The van der Waals surface area contributed by atoms with Gasteiger partial charge < -0.3 is 14.8 Å². The Bertz CT molecular complexity index is 318. The van der Waals surface area contributed by atoms with Crippen molar-refractivity contribution in [2.75, 3.05) is 26.9 Å². The lowest BCUT2D eigenvalue weighted by molar-refractivity contribution is 0.199. The molecular weight excluding hydrogens is 226 g/mol. The molecule has 3 nitrogen and oxygen atoms in total. The zero-order chi connectivity index (χ0) is 11.8. The van der Waals surface area contributed by atoms with Crippen molar-refractivity contribution in [3.8, 4) is 5.75 Å². The molecule has 90 valence electrons. The van der Waals surface area contributed by atoms with E-state index in [2.05, 4.69) is 5.32 Å². The number of nitrogens with one attached hydrogen (secondary N) is 1. The maximum atomic E-state index is 6.07. The number of halogens is 1. The molecule has 0 aromatic heterocycles. The summed E-state index contributed by atoms with van der Waals surface area (Å²) in [4.78, 5) is 0. The molecule has 0 heterocycles. The molecule has 0 amide bonds. The molecule has 0 atom stereocenters. The van der Waals surface area contributed by atoms with Gasteiger partial charge in [0.05, 0.1) is 18.2 Å². The molecule has 16 heavy (non-hydrogen) atoms. The first-order valence-corrected chi connectivity index (χ1v) is 5.76. The third-order valence-corrected chi connectivity index (χ3v) is 2.40. The summed E-state index contributed by atoms with van der Waals surface area (Å²) in [5, 5.41) is 3.92. The summed E-state index contributed by atoms with van der Waals surface area (Å²) >= 11 is 6.07. The minimum Gasteiger partial charge on any atom is -0.492 e. The van der Waals surface area contributed by atoms with Gasteiger partial charge in [-0.25, -0.2) is 0 Å². The van der Waals surface area contributed by atoms with E-state index in [1.165, 1.54) is 0 Å². The highest BCUT2D eigenvalue weighted by molar-refractivity contribution is 6.32. The predicted octanol–water partition coefficient (Wildman–Crippen LogP) is 2.47. The molecule has 0 radical (unpaired) electrons. The summed E-state index contributed by atoms with van der Waals surface area (Å²) in [5.74, 6) is 0.741. The summed E-state index contributed by atoms with van der Waals surface area (Å²) < 4.78 is 10.3. The first kappa shape index (κ1) is 13.3. The average Bonchev–Trinajstić information content (AvgIpc) is 2.28. The molecule has 0 bridgehead atoms. The fourth-order valence-electron chi connectivity index (χ4n) is 1.33. The first-order chi connectivity index (χ1) is 7.77. The lowest BCUT2D eigenvalue weighted by Crippen LogP contribution is -2.18. The highest BCUT2D eigenvalue weighted by Crippen LogP contribution is 2.25. The fourth-order valence-corrected chi connectivity index (χ4v) is 1.59. The molecule has 1 aromatic rings. The van der Waals surface area contributed by atoms with Gasteiger partial charge in [-0.3, -0.25) is 0 Å². The molecule has 0 aliphatic carbocycles. The Kier molecular flexibility index (Phi) is 6.23. The Balaban J connectivity index is 2.46. The van der Waals surface area contributed by atoms with Crippen molar-refractivity contribution >= 4 is 11.6 Å². The van der Waals surface area contributed by atoms with Crippen LogP contribution in [0.15, 0.2) is 18.2 Å². The highest BCUT2D eigenvalue weighted by Gasteiger charge is 2.01. The largest absolute Gasteiger partial charge is 0.492 e. The second-order valence-corrected chi connectivity index (χ2v) is 3.77. The third-order valence-electron chi connectivity index (χ3n) is 2.11. The van der Waals surface area contributed by atoms with Crippen LogP contribution in [0.1, 0.15) is 12.5 Å². The van der Waals surface area contributed by atoms with E-state index in [1.54, 1.807) is 7.11 Å². The Morgan fingerprint density at radius 3 is 2.81 bits per heavy atom. The third kappa shape index (κ3) is 4.39. The molecule has 4 heteroatoms. The van der Waals surface area contributed by atoms with E-state index >= 15 is 0 Å². The van der Waals surface area contributed by atoms with Crippen LogP contribution in [0, 0.1) is 0 Å². The van der Waals surface area contributed by atoms with Crippen LogP contribution in [0.3, 0.4) is 0 Å². The van der Waals surface area contributed by atoms with Crippen LogP contribution >= 0.6 is 11.6 Å². The maximum Gasteiger partial charge on any atom is 0.137 e. The minimum atomic E-state index is 0.630. The van der Waals surface area contributed by atoms with Gasteiger partial charge in [0.1, 0.15) is 5.75 Å². The van der Waals surface area contributed by atoms with Crippen LogP contribution in [-0.2, 0) is 11.3 Å². The Morgan fingerprint density at radius 2 is 2.19 bits per heavy atom. The van der Waals surface area contributed by atoms with Gasteiger partial charge in [-0.1, -0.05) is 17.7 Å². The van der Waals surface area contributed by atoms with Crippen molar-refractivity contribution in [2.45, 2.75) is 13.5 Å². The van der Waals surface area contributed by atoms with Gasteiger partial charge in [-0.15, -0.1) is 0 Å². The molecule has 0 saturated heterocycles. The van der Waals surface area contributed by atoms with Crippen molar-refractivity contribution in [3.05, 3.63) is 28.8 Å². The summed E-state index contributed by atoms with van der Waals surface area (Å²) in [6.07, 6.45) is 0. The summed E-state index contributed by atoms with van der Waals surface area (Å²) in [7, 11) is 1.69. The average molecular weight is 244 g/mol. The molecule has 0 aliphatic heterocycles. The van der Waals surface area contributed by atoms with Crippen molar-refractivity contribution in [2.24, 2.45) is 0 Å². The summed E-state index contributed by atoms with van der Waals surface area (Å²) in [6, 6.07) is 5.84. The van der Waals surface area contributed by atoms with Gasteiger partial charge in [0, 0.05) is 20.2 Å². The van der Waals surface area contributed by atoms with Crippen LogP contribution < -0.4 is 10.1 Å². The van der Waals surface area contributed by atoms with Gasteiger partial charge >= 0.3 is 0 Å². The first-order valence-electron chi connectivity index (χ1n) is 5.38. The summed E-state index contributed by atoms with van der Waals surface area (Å²) in [6.45, 7) is 4.91. The van der Waals surface area contributed by atoms with Crippen molar-refractivity contribution in [3.63, 3.8) is 0 Å². The highest BCUT2D eigenvalue weighted by atomic mass is 35.5. The van der Waals surface area contributed by atoms with E-state index in [4.69, 9.17) is 21.1 Å². The zero-order valence-corrected chi connectivity index (χ0v) is 10.5. The van der Waals surface area contributed by atoms with E-state index in [0.717, 1.165) is 24.4 Å². The number of hydrogen-bond donors (Lipinski definition) is 1. The second kappa shape index (κ2) is 7.49. The quantitative estimate of drug-likeness (QED) is 0.747. The molecule has 0 unspecified atom stereocenters. The molecule has 1 rings (SSSR count). The van der Waals surface area contributed by atoms with Crippen LogP contribution in [0.5, 0.6) is 5.75 Å². The number of hydrogen-bond acceptors (Lipinski definition) is 3. The number of ether oxygens (including phenoxy) is 2.